The number of benzene rings is 1. The van der Waals surface area contributed by atoms with Crippen molar-refractivity contribution in [3.05, 3.63) is 84.8 Å². The lowest BCUT2D eigenvalue weighted by molar-refractivity contribution is 0.0948. The number of H-pyrrole nitrogens is 1. The quantitative estimate of drug-likeness (QED) is 0.688. The van der Waals surface area contributed by atoms with Crippen molar-refractivity contribution in [2.75, 3.05) is 7.11 Å². The molecule has 2 heterocycles. The van der Waals surface area contributed by atoms with Gasteiger partial charge in [-0.15, -0.1) is 11.3 Å². The lowest BCUT2D eigenvalue weighted by Gasteiger charge is -2.08. The van der Waals surface area contributed by atoms with Crippen LogP contribution in [-0.2, 0) is 13.1 Å². The first kappa shape index (κ1) is 17.7. The molecule has 26 heavy (non-hydrogen) atoms. The Balaban J connectivity index is 1.76. The minimum atomic E-state index is -0.616. The molecule has 0 aliphatic carbocycles. The van der Waals surface area contributed by atoms with Crippen LogP contribution in [0.1, 0.15) is 20.8 Å². The van der Waals surface area contributed by atoms with Gasteiger partial charge in [0.1, 0.15) is 11.3 Å². The Morgan fingerprint density at radius 1 is 1.23 bits per heavy atom. The van der Waals surface area contributed by atoms with Gasteiger partial charge in [-0.3, -0.25) is 14.2 Å². The van der Waals surface area contributed by atoms with Gasteiger partial charge in [0.25, 0.3) is 11.5 Å². The zero-order valence-corrected chi connectivity index (χ0v) is 14.8. The molecule has 8 heteroatoms. The normalized spacial score (nSPS) is 10.5. The molecule has 1 amide bonds. The molecule has 7 nitrogen and oxygen atoms in total. The van der Waals surface area contributed by atoms with Crippen LogP contribution in [0.3, 0.4) is 0 Å². The highest BCUT2D eigenvalue weighted by Gasteiger charge is 2.15. The maximum atomic E-state index is 12.5. The number of hydrogen-bond acceptors (Lipinski definition) is 5. The average Bonchev–Trinajstić information content (AvgIpc) is 3.17. The lowest BCUT2D eigenvalue weighted by Crippen LogP contribution is -2.40. The highest BCUT2D eigenvalue weighted by Crippen LogP contribution is 2.11. The number of nitrogens with one attached hydrogen (secondary N) is 2. The fourth-order valence-electron chi connectivity index (χ4n) is 2.40. The predicted molar refractivity (Wildman–Crippen MR) is 98.9 cm³/mol. The van der Waals surface area contributed by atoms with Crippen molar-refractivity contribution in [2.24, 2.45) is 0 Å². The third-order valence-electron chi connectivity index (χ3n) is 3.81. The molecule has 0 radical (unpaired) electrons. The summed E-state index contributed by atoms with van der Waals surface area (Å²) in [6.45, 7) is 0.387. The average molecular weight is 371 g/mol. The van der Waals surface area contributed by atoms with E-state index in [0.29, 0.717) is 0 Å². The molecule has 0 saturated heterocycles. The number of thiophene rings is 1. The van der Waals surface area contributed by atoms with Gasteiger partial charge in [-0.2, -0.15) is 0 Å². The molecule has 0 spiro atoms. The molecule has 0 atom stereocenters. The van der Waals surface area contributed by atoms with E-state index in [1.165, 1.54) is 11.3 Å². The van der Waals surface area contributed by atoms with E-state index in [1.807, 2.05) is 29.6 Å². The SMILES string of the molecule is COc1ccc(CNC(=O)c2c[nH]c(=O)n(Cc3cccs3)c2=O)cc1. The van der Waals surface area contributed by atoms with Gasteiger partial charge in [0.2, 0.25) is 0 Å². The molecule has 1 aromatic carbocycles. The lowest BCUT2D eigenvalue weighted by atomic mass is 10.2. The molecule has 3 aromatic rings. The van der Waals surface area contributed by atoms with Gasteiger partial charge in [0, 0.05) is 17.6 Å². The van der Waals surface area contributed by atoms with E-state index in [1.54, 1.807) is 19.2 Å². The molecule has 2 N–H and O–H groups in total. The van der Waals surface area contributed by atoms with E-state index < -0.39 is 17.2 Å². The minimum absolute atomic E-state index is 0.102. The number of aromatic amines is 1. The molecular formula is C18H17N3O4S. The van der Waals surface area contributed by atoms with Crippen LogP contribution in [-0.4, -0.2) is 22.6 Å². The molecule has 0 bridgehead atoms. The van der Waals surface area contributed by atoms with Crippen LogP contribution in [0.15, 0.2) is 57.6 Å². The molecule has 0 saturated carbocycles. The first-order chi connectivity index (χ1) is 12.6. The first-order valence-corrected chi connectivity index (χ1v) is 8.72. The predicted octanol–water partition coefficient (Wildman–Crippen LogP) is 1.58. The van der Waals surface area contributed by atoms with Crippen molar-refractivity contribution in [3.8, 4) is 5.75 Å². The Labute approximate surface area is 152 Å². The Morgan fingerprint density at radius 3 is 2.65 bits per heavy atom. The number of aromatic nitrogens is 2. The minimum Gasteiger partial charge on any atom is -0.497 e. The molecule has 0 unspecified atom stereocenters. The fraction of sp³-hybridized carbons (Fsp3) is 0.167. The summed E-state index contributed by atoms with van der Waals surface area (Å²) < 4.78 is 6.10. The van der Waals surface area contributed by atoms with Crippen LogP contribution in [0.5, 0.6) is 5.75 Å². The van der Waals surface area contributed by atoms with E-state index in [0.717, 1.165) is 27.0 Å². The number of carbonyl (C=O) groups excluding carboxylic acids is 1. The van der Waals surface area contributed by atoms with E-state index in [9.17, 15) is 14.4 Å². The second-order valence-corrected chi connectivity index (χ2v) is 6.54. The van der Waals surface area contributed by atoms with Gasteiger partial charge < -0.3 is 15.0 Å². The molecule has 134 valence electrons. The standard InChI is InChI=1S/C18H17N3O4S/c1-25-13-6-4-12(5-7-13)9-19-16(22)15-10-20-18(24)21(17(15)23)11-14-3-2-8-26-14/h2-8,10H,9,11H2,1H3,(H,19,22)(H,20,24). The summed E-state index contributed by atoms with van der Waals surface area (Å²) in [4.78, 5) is 40.1. The van der Waals surface area contributed by atoms with Gasteiger partial charge in [0.15, 0.2) is 0 Å². The molecule has 2 aromatic heterocycles. The Bertz CT molecular complexity index is 1000. The fourth-order valence-corrected chi connectivity index (χ4v) is 3.09. The van der Waals surface area contributed by atoms with E-state index in [-0.39, 0.29) is 18.7 Å². The van der Waals surface area contributed by atoms with Crippen molar-refractivity contribution in [1.29, 1.82) is 0 Å². The van der Waals surface area contributed by atoms with Crippen LogP contribution in [0.25, 0.3) is 0 Å². The summed E-state index contributed by atoms with van der Waals surface area (Å²) in [5.41, 5.74) is -0.401. The summed E-state index contributed by atoms with van der Waals surface area (Å²) in [6, 6.07) is 10.9. The Morgan fingerprint density at radius 2 is 2.00 bits per heavy atom. The largest absolute Gasteiger partial charge is 0.497 e. The summed E-state index contributed by atoms with van der Waals surface area (Å²) in [5, 5.41) is 4.55. The van der Waals surface area contributed by atoms with Gasteiger partial charge in [0.05, 0.1) is 13.7 Å². The molecular weight excluding hydrogens is 354 g/mol. The molecule has 0 fully saturated rings. The third kappa shape index (κ3) is 3.92. The summed E-state index contributed by atoms with van der Waals surface area (Å²) in [6.07, 6.45) is 1.15. The van der Waals surface area contributed by atoms with Crippen LogP contribution in [0.4, 0.5) is 0 Å². The van der Waals surface area contributed by atoms with Crippen LogP contribution >= 0.6 is 11.3 Å². The molecule has 3 rings (SSSR count). The molecule has 0 aliphatic heterocycles. The van der Waals surface area contributed by atoms with Crippen LogP contribution < -0.4 is 21.3 Å². The molecule has 0 aliphatic rings. The van der Waals surface area contributed by atoms with E-state index in [2.05, 4.69) is 10.3 Å². The van der Waals surface area contributed by atoms with E-state index in [4.69, 9.17) is 4.74 Å². The van der Waals surface area contributed by atoms with Crippen molar-refractivity contribution < 1.29 is 9.53 Å². The van der Waals surface area contributed by atoms with Crippen LogP contribution in [0.2, 0.25) is 0 Å². The second-order valence-electron chi connectivity index (χ2n) is 5.51. The third-order valence-corrected chi connectivity index (χ3v) is 4.67. The van der Waals surface area contributed by atoms with Crippen molar-refractivity contribution in [3.63, 3.8) is 0 Å². The Kier molecular flexibility index (Phi) is 5.33. The van der Waals surface area contributed by atoms with E-state index >= 15 is 0 Å². The number of rotatable bonds is 6. The Hall–Kier alpha value is -3.13. The number of methoxy groups -OCH3 is 1. The maximum Gasteiger partial charge on any atom is 0.328 e. The number of ether oxygens (including phenoxy) is 1. The highest BCUT2D eigenvalue weighted by atomic mass is 32.1. The highest BCUT2D eigenvalue weighted by molar-refractivity contribution is 7.09. The van der Waals surface area contributed by atoms with Gasteiger partial charge in [-0.1, -0.05) is 18.2 Å². The van der Waals surface area contributed by atoms with Gasteiger partial charge in [-0.05, 0) is 29.1 Å². The van der Waals surface area contributed by atoms with Gasteiger partial charge >= 0.3 is 5.69 Å². The van der Waals surface area contributed by atoms with Crippen LogP contribution in [0, 0.1) is 0 Å². The van der Waals surface area contributed by atoms with Gasteiger partial charge in [-0.25, -0.2) is 4.79 Å². The topological polar surface area (TPSA) is 93.2 Å². The number of amides is 1. The van der Waals surface area contributed by atoms with Crippen molar-refractivity contribution in [2.45, 2.75) is 13.1 Å². The van der Waals surface area contributed by atoms with Crippen molar-refractivity contribution >= 4 is 17.2 Å². The maximum absolute atomic E-state index is 12.5. The summed E-state index contributed by atoms with van der Waals surface area (Å²) in [5.74, 6) is 0.180. The summed E-state index contributed by atoms with van der Waals surface area (Å²) in [7, 11) is 1.58. The number of carbonyl (C=O) groups is 1. The van der Waals surface area contributed by atoms with Crippen molar-refractivity contribution in [1.82, 2.24) is 14.9 Å². The monoisotopic (exact) mass is 371 g/mol. The zero-order chi connectivity index (χ0) is 18.5. The first-order valence-electron chi connectivity index (χ1n) is 7.84. The smallest absolute Gasteiger partial charge is 0.328 e. The summed E-state index contributed by atoms with van der Waals surface area (Å²) >= 11 is 1.44. The number of hydrogen-bond donors (Lipinski definition) is 2. The number of nitrogens with zero attached hydrogens (tertiary/aromatic N) is 1. The zero-order valence-electron chi connectivity index (χ0n) is 14.0. The second kappa shape index (κ2) is 7.83.